The van der Waals surface area contributed by atoms with Crippen molar-refractivity contribution in [3.8, 4) is 0 Å². The van der Waals surface area contributed by atoms with Crippen LogP contribution in [0.25, 0.3) is 0 Å². The van der Waals surface area contributed by atoms with Crippen LogP contribution in [0.2, 0.25) is 0 Å². The molecule has 13 N–H and O–H groups in total. The Hall–Kier alpha value is -5.95. The number of cyclic esters (lactones) is 1. The van der Waals surface area contributed by atoms with E-state index in [1.54, 1.807) is 69.2 Å². The van der Waals surface area contributed by atoms with Gasteiger partial charge in [-0.25, -0.2) is 4.79 Å². The van der Waals surface area contributed by atoms with Crippen LogP contribution in [0, 0.1) is 29.6 Å². The maximum atomic E-state index is 14.8. The van der Waals surface area contributed by atoms with Crippen LogP contribution in [0.3, 0.4) is 0 Å². The molecule has 13 atom stereocenters. The second kappa shape index (κ2) is 38.8. The molecular weight excluding hydrogens is 1070 g/mol. The van der Waals surface area contributed by atoms with Crippen molar-refractivity contribution in [1.82, 2.24) is 47.9 Å². The van der Waals surface area contributed by atoms with Gasteiger partial charge in [-0.2, -0.15) is 0 Å². The van der Waals surface area contributed by atoms with Gasteiger partial charge < -0.3 is 73.0 Å². The molecule has 0 radical (unpaired) electrons. The first-order valence-electron chi connectivity index (χ1n) is 29.6. The number of ether oxygens (including phenoxy) is 1. The maximum absolute atomic E-state index is 14.8. The van der Waals surface area contributed by atoms with E-state index >= 15 is 0 Å². The standard InChI is InChI=1S/C57H101N9O16/c1-13-16-17-18-19-20-21-22-37(69)28-44(70)58-39(25-31(4)5)50(74)59-38(23-24-45(71)72)49(73)66-48-36(12)82-57(81)47(35(11)15-3)65-54(78)43(30-68)63-51(75)40(26-32(6)7)60-53(77)42(29-67)62-52(76)41(27-33(8)9)61-55(79)46(34(10)14-2)64-56(48)80/h31-43,46-48,67-69H,13-30H2,1-12H3,(H,58,70)(H,59,74)(H,60,77)(H,61,79)(H,62,76)(H,63,75)(H,64,80)(H,65,78)(H,66,73)(H,71,72)/t34-,35-,36+,37+,38+,39-,40-,41-,42-,43+,46-,47+,48+/m0/s1. The number of carbonyl (C=O) groups excluding carboxylic acids is 10. The Bertz CT molecular complexity index is 2080. The molecule has 9 amide bonds. The number of hydrogen-bond acceptors (Lipinski definition) is 15. The monoisotopic (exact) mass is 1170 g/mol. The number of esters is 1. The van der Waals surface area contributed by atoms with E-state index in [9.17, 15) is 73.2 Å². The number of nitrogens with one attached hydrogen (secondary N) is 9. The molecule has 0 aromatic heterocycles. The van der Waals surface area contributed by atoms with Crippen molar-refractivity contribution in [2.24, 2.45) is 29.6 Å². The van der Waals surface area contributed by atoms with E-state index in [-0.39, 0.29) is 56.3 Å². The number of hydrogen-bond donors (Lipinski definition) is 13. The van der Waals surface area contributed by atoms with E-state index in [1.807, 2.05) is 0 Å². The smallest absolute Gasteiger partial charge is 0.329 e. The quantitative estimate of drug-likeness (QED) is 0.0356. The van der Waals surface area contributed by atoms with Gasteiger partial charge in [-0.1, -0.05) is 134 Å². The van der Waals surface area contributed by atoms with Gasteiger partial charge in [-0.15, -0.1) is 0 Å². The molecule has 25 heteroatoms. The summed E-state index contributed by atoms with van der Waals surface area (Å²) in [4.78, 5) is 153. The summed E-state index contributed by atoms with van der Waals surface area (Å²) < 4.78 is 5.85. The lowest BCUT2D eigenvalue weighted by Crippen LogP contribution is -2.64. The van der Waals surface area contributed by atoms with E-state index in [0.29, 0.717) is 12.8 Å². The minimum absolute atomic E-state index is 0.00953. The van der Waals surface area contributed by atoms with Gasteiger partial charge >= 0.3 is 11.9 Å². The minimum atomic E-state index is -1.95. The third-order valence-corrected chi connectivity index (χ3v) is 14.4. The Morgan fingerprint density at radius 1 is 0.549 bits per heavy atom. The predicted molar refractivity (Wildman–Crippen MR) is 304 cm³/mol. The molecule has 0 unspecified atom stereocenters. The lowest BCUT2D eigenvalue weighted by Gasteiger charge is -2.32. The number of carboxylic acid groups (broad SMARTS) is 1. The maximum Gasteiger partial charge on any atom is 0.329 e. The van der Waals surface area contributed by atoms with E-state index in [0.717, 1.165) is 38.5 Å². The molecule has 82 heavy (non-hydrogen) atoms. The number of unbranched alkanes of at least 4 members (excludes halogenated alkanes) is 6. The molecule has 0 spiro atoms. The van der Waals surface area contributed by atoms with Crippen molar-refractivity contribution >= 4 is 65.1 Å². The Kier molecular flexibility index (Phi) is 35.0. The van der Waals surface area contributed by atoms with E-state index in [4.69, 9.17) is 4.74 Å². The fraction of sp³-hybridized carbons (Fsp3) is 0.807. The molecular formula is C57H101N9O16. The molecule has 1 saturated heterocycles. The van der Waals surface area contributed by atoms with Gasteiger partial charge in [-0.3, -0.25) is 47.9 Å². The molecule has 1 heterocycles. The highest BCUT2D eigenvalue weighted by Crippen LogP contribution is 2.18. The second-order valence-corrected chi connectivity index (χ2v) is 23.3. The van der Waals surface area contributed by atoms with Crippen molar-refractivity contribution in [2.45, 2.75) is 252 Å². The largest absolute Gasteiger partial charge is 0.481 e. The Morgan fingerprint density at radius 2 is 1.01 bits per heavy atom. The van der Waals surface area contributed by atoms with Crippen LogP contribution in [0.4, 0.5) is 0 Å². The number of carbonyl (C=O) groups is 11. The average Bonchev–Trinajstić information content (AvgIpc) is 3.58. The Balaban J connectivity index is 3.98. The molecule has 25 nitrogen and oxygen atoms in total. The highest BCUT2D eigenvalue weighted by Gasteiger charge is 2.41. The molecule has 0 saturated carbocycles. The van der Waals surface area contributed by atoms with Gasteiger partial charge in [-0.05, 0) is 68.6 Å². The summed E-state index contributed by atoms with van der Waals surface area (Å²) in [5.74, 6) is -13.3. The summed E-state index contributed by atoms with van der Waals surface area (Å²) in [7, 11) is 0. The van der Waals surface area contributed by atoms with Crippen molar-refractivity contribution < 1.29 is 77.9 Å². The van der Waals surface area contributed by atoms with Gasteiger partial charge in [0.1, 0.15) is 60.5 Å². The number of rotatable bonds is 30. The minimum Gasteiger partial charge on any atom is -0.481 e. The van der Waals surface area contributed by atoms with Crippen molar-refractivity contribution in [3.63, 3.8) is 0 Å². The van der Waals surface area contributed by atoms with Crippen LogP contribution in [-0.2, 0) is 57.5 Å². The lowest BCUT2D eigenvalue weighted by atomic mass is 9.96. The normalized spacial score (nSPS) is 23.9. The van der Waals surface area contributed by atoms with Crippen molar-refractivity contribution in [1.29, 1.82) is 0 Å². The fourth-order valence-corrected chi connectivity index (χ4v) is 9.13. The van der Waals surface area contributed by atoms with E-state index in [2.05, 4.69) is 54.8 Å². The summed E-state index contributed by atoms with van der Waals surface area (Å²) in [5.41, 5.74) is 0. The topological polar surface area (TPSA) is 386 Å². The zero-order valence-electron chi connectivity index (χ0n) is 50.7. The molecule has 0 aromatic rings. The van der Waals surface area contributed by atoms with E-state index in [1.165, 1.54) is 6.92 Å². The first-order valence-corrected chi connectivity index (χ1v) is 29.6. The van der Waals surface area contributed by atoms with Gasteiger partial charge in [0.2, 0.25) is 53.2 Å². The molecule has 1 fully saturated rings. The molecule has 1 aliphatic rings. The van der Waals surface area contributed by atoms with Crippen LogP contribution in [0.5, 0.6) is 0 Å². The van der Waals surface area contributed by atoms with Gasteiger partial charge in [0.15, 0.2) is 0 Å². The highest BCUT2D eigenvalue weighted by molar-refractivity contribution is 5.99. The SMILES string of the molecule is CCCCCCCCC[C@@H](O)CC(=O)N[C@@H](CC(C)C)C(=O)N[C@H](CCC(=O)O)C(=O)N[C@H]1C(=O)N[C@@H]([C@@H](C)CC)C(=O)N[C@@H](CC(C)C)C(=O)N[C@@H](CO)C(=O)N[C@@H](CC(C)C)C(=O)N[C@H](CO)C(=O)N[C@H]([C@@H](C)CC)C(=O)O[C@@H]1C. The number of aliphatic hydroxyl groups is 3. The number of aliphatic hydroxyl groups excluding tert-OH is 3. The lowest BCUT2D eigenvalue weighted by molar-refractivity contribution is -0.158. The molecule has 0 aromatic carbocycles. The summed E-state index contributed by atoms with van der Waals surface area (Å²) in [5, 5.41) is 63.9. The first kappa shape index (κ1) is 74.1. The number of aliphatic carboxylic acids is 1. The zero-order chi connectivity index (χ0) is 62.4. The second-order valence-electron chi connectivity index (χ2n) is 23.3. The number of carboxylic acids is 1. The molecule has 1 rings (SSSR count). The van der Waals surface area contributed by atoms with Crippen molar-refractivity contribution in [2.75, 3.05) is 13.2 Å². The van der Waals surface area contributed by atoms with E-state index < -0.39 is 170 Å². The molecule has 0 aliphatic carbocycles. The van der Waals surface area contributed by atoms with Gasteiger partial charge in [0.25, 0.3) is 0 Å². The van der Waals surface area contributed by atoms with Gasteiger partial charge in [0, 0.05) is 6.42 Å². The van der Waals surface area contributed by atoms with Crippen LogP contribution in [0.1, 0.15) is 186 Å². The summed E-state index contributed by atoms with van der Waals surface area (Å²) in [6, 6.07) is -14.1. The molecule has 1 aliphatic heterocycles. The fourth-order valence-electron chi connectivity index (χ4n) is 9.13. The van der Waals surface area contributed by atoms with Crippen molar-refractivity contribution in [3.05, 3.63) is 0 Å². The first-order chi connectivity index (χ1) is 38.5. The van der Waals surface area contributed by atoms with Gasteiger partial charge in [0.05, 0.1) is 25.7 Å². The van der Waals surface area contributed by atoms with Crippen LogP contribution in [-0.4, -0.2) is 165 Å². The molecule has 470 valence electrons. The average molecular weight is 1170 g/mol. The number of amides is 9. The van der Waals surface area contributed by atoms with Crippen LogP contribution >= 0.6 is 0 Å². The highest BCUT2D eigenvalue weighted by atomic mass is 16.5. The summed E-state index contributed by atoms with van der Waals surface area (Å²) in [6.07, 6.45) is 3.74. The Labute approximate surface area is 484 Å². The Morgan fingerprint density at radius 3 is 1.50 bits per heavy atom. The summed E-state index contributed by atoms with van der Waals surface area (Å²) in [6.45, 7) is 18.5. The third kappa shape index (κ3) is 27.4. The summed E-state index contributed by atoms with van der Waals surface area (Å²) >= 11 is 0. The third-order valence-electron chi connectivity index (χ3n) is 14.4. The molecule has 0 bridgehead atoms. The van der Waals surface area contributed by atoms with Crippen LogP contribution in [0.15, 0.2) is 0 Å². The predicted octanol–water partition coefficient (Wildman–Crippen LogP) is 1.27. The van der Waals surface area contributed by atoms with Crippen LogP contribution < -0.4 is 47.9 Å². The zero-order valence-corrected chi connectivity index (χ0v) is 50.7.